The van der Waals surface area contributed by atoms with E-state index in [1.807, 2.05) is 14.1 Å². The van der Waals surface area contributed by atoms with Crippen LogP contribution in [-0.2, 0) is 4.79 Å². The van der Waals surface area contributed by atoms with Gasteiger partial charge in [0.2, 0.25) is 5.91 Å². The third-order valence-corrected chi connectivity index (χ3v) is 3.20. The zero-order valence-corrected chi connectivity index (χ0v) is 11.9. The Labute approximate surface area is 114 Å². The highest BCUT2D eigenvalue weighted by Crippen LogP contribution is 2.08. The minimum absolute atomic E-state index is 0.0978. The van der Waals surface area contributed by atoms with Crippen LogP contribution in [0.15, 0.2) is 30.3 Å². The largest absolute Gasteiger partial charge is 0.351 e. The summed E-state index contributed by atoms with van der Waals surface area (Å²) in [6, 6.07) is 5.99. The molecule has 0 saturated carbocycles. The lowest BCUT2D eigenvalue weighted by atomic mass is 10.0. The van der Waals surface area contributed by atoms with Crippen molar-refractivity contribution >= 4 is 12.0 Å². The Balaban J connectivity index is 2.50. The number of rotatable bonds is 5. The van der Waals surface area contributed by atoms with E-state index < -0.39 is 0 Å². The van der Waals surface area contributed by atoms with Crippen molar-refractivity contribution in [3.05, 3.63) is 41.7 Å². The van der Waals surface area contributed by atoms with Crippen LogP contribution in [-0.4, -0.2) is 37.0 Å². The maximum Gasteiger partial charge on any atom is 0.244 e. The van der Waals surface area contributed by atoms with Crippen molar-refractivity contribution in [2.45, 2.75) is 19.4 Å². The van der Waals surface area contributed by atoms with Crippen molar-refractivity contribution in [3.63, 3.8) is 0 Å². The lowest BCUT2D eigenvalue weighted by Crippen LogP contribution is -2.47. The van der Waals surface area contributed by atoms with Crippen molar-refractivity contribution in [1.29, 1.82) is 0 Å². The van der Waals surface area contributed by atoms with Gasteiger partial charge in [0.1, 0.15) is 5.82 Å². The minimum Gasteiger partial charge on any atom is -0.351 e. The third-order valence-electron chi connectivity index (χ3n) is 3.20. The van der Waals surface area contributed by atoms with Crippen LogP contribution in [0.3, 0.4) is 0 Å². The molecule has 0 aliphatic carbocycles. The highest BCUT2D eigenvalue weighted by molar-refractivity contribution is 5.91. The molecular formula is C15H21FN2O. The van der Waals surface area contributed by atoms with Gasteiger partial charge in [-0.05, 0) is 51.7 Å². The Bertz CT molecular complexity index is 450. The third kappa shape index (κ3) is 5.22. The van der Waals surface area contributed by atoms with Crippen molar-refractivity contribution < 1.29 is 9.18 Å². The number of nitrogens with zero attached hydrogens (tertiary/aromatic N) is 1. The molecule has 0 aromatic heterocycles. The van der Waals surface area contributed by atoms with E-state index in [0.29, 0.717) is 6.54 Å². The predicted molar refractivity (Wildman–Crippen MR) is 76.2 cm³/mol. The lowest BCUT2D eigenvalue weighted by molar-refractivity contribution is -0.116. The average Bonchev–Trinajstić information content (AvgIpc) is 2.35. The number of nitrogens with one attached hydrogen (secondary N) is 1. The van der Waals surface area contributed by atoms with Crippen LogP contribution in [0, 0.1) is 5.82 Å². The zero-order chi connectivity index (χ0) is 14.5. The van der Waals surface area contributed by atoms with Gasteiger partial charge in [-0.15, -0.1) is 0 Å². The van der Waals surface area contributed by atoms with E-state index in [9.17, 15) is 9.18 Å². The number of carbonyl (C=O) groups is 1. The zero-order valence-electron chi connectivity index (χ0n) is 11.9. The molecule has 0 unspecified atom stereocenters. The monoisotopic (exact) mass is 264 g/mol. The summed E-state index contributed by atoms with van der Waals surface area (Å²) >= 11 is 0. The number of hydrogen-bond donors (Lipinski definition) is 1. The van der Waals surface area contributed by atoms with Crippen LogP contribution >= 0.6 is 0 Å². The van der Waals surface area contributed by atoms with Gasteiger partial charge >= 0.3 is 0 Å². The lowest BCUT2D eigenvalue weighted by Gasteiger charge is -2.32. The van der Waals surface area contributed by atoms with Gasteiger partial charge in [-0.2, -0.15) is 0 Å². The van der Waals surface area contributed by atoms with E-state index >= 15 is 0 Å². The quantitative estimate of drug-likeness (QED) is 0.828. The molecule has 0 bridgehead atoms. The van der Waals surface area contributed by atoms with Gasteiger partial charge in [-0.1, -0.05) is 12.1 Å². The first-order valence-corrected chi connectivity index (χ1v) is 6.20. The molecule has 0 aliphatic rings. The van der Waals surface area contributed by atoms with Crippen LogP contribution < -0.4 is 5.32 Å². The molecule has 1 aromatic rings. The molecule has 1 aromatic carbocycles. The first-order chi connectivity index (χ1) is 8.81. The van der Waals surface area contributed by atoms with Crippen LogP contribution in [0.4, 0.5) is 4.39 Å². The molecular weight excluding hydrogens is 243 g/mol. The maximum absolute atomic E-state index is 12.7. The number of carbonyl (C=O) groups excluding carboxylic acids is 1. The van der Waals surface area contributed by atoms with Crippen molar-refractivity contribution in [3.8, 4) is 0 Å². The molecule has 0 aliphatic heterocycles. The molecule has 1 rings (SSSR count). The van der Waals surface area contributed by atoms with Gasteiger partial charge in [0.15, 0.2) is 0 Å². The summed E-state index contributed by atoms with van der Waals surface area (Å²) in [4.78, 5) is 13.7. The smallest absolute Gasteiger partial charge is 0.244 e. The van der Waals surface area contributed by atoms with E-state index in [1.165, 1.54) is 18.2 Å². The van der Waals surface area contributed by atoms with Gasteiger partial charge in [0.25, 0.3) is 0 Å². The van der Waals surface area contributed by atoms with E-state index in [0.717, 1.165) is 5.56 Å². The van der Waals surface area contributed by atoms with Crippen molar-refractivity contribution in [2.75, 3.05) is 20.6 Å². The topological polar surface area (TPSA) is 32.3 Å². The van der Waals surface area contributed by atoms with Gasteiger partial charge in [0.05, 0.1) is 0 Å². The normalized spacial score (nSPS) is 12.1. The fraction of sp³-hybridized carbons (Fsp3) is 0.400. The number of likely N-dealkylation sites (N-methyl/N-ethyl adjacent to an activating group) is 1. The summed E-state index contributed by atoms with van der Waals surface area (Å²) in [6.45, 7) is 4.67. The van der Waals surface area contributed by atoms with Crippen LogP contribution in [0.2, 0.25) is 0 Å². The number of hydrogen-bond acceptors (Lipinski definition) is 2. The standard InChI is InChI=1S/C15H21FN2O/c1-15(2,18(3)4)11-17-14(19)10-7-12-5-8-13(16)9-6-12/h5-10H,11H2,1-4H3,(H,17,19)/b10-7+. The van der Waals surface area contributed by atoms with Gasteiger partial charge in [0, 0.05) is 18.2 Å². The molecule has 0 radical (unpaired) electrons. The molecule has 0 fully saturated rings. The Morgan fingerprint density at radius 2 is 1.89 bits per heavy atom. The molecule has 104 valence electrons. The molecule has 0 saturated heterocycles. The van der Waals surface area contributed by atoms with Crippen molar-refractivity contribution in [2.24, 2.45) is 0 Å². The number of amides is 1. The Kier molecular flexibility index (Phi) is 5.24. The highest BCUT2D eigenvalue weighted by atomic mass is 19.1. The van der Waals surface area contributed by atoms with E-state index in [2.05, 4.69) is 24.1 Å². The Morgan fingerprint density at radius 3 is 2.42 bits per heavy atom. The molecule has 1 amide bonds. The van der Waals surface area contributed by atoms with Gasteiger partial charge in [-0.25, -0.2) is 4.39 Å². The molecule has 3 nitrogen and oxygen atoms in total. The highest BCUT2D eigenvalue weighted by Gasteiger charge is 2.20. The average molecular weight is 264 g/mol. The minimum atomic E-state index is -0.283. The summed E-state index contributed by atoms with van der Waals surface area (Å²) in [6.07, 6.45) is 3.12. The van der Waals surface area contributed by atoms with E-state index in [4.69, 9.17) is 0 Å². The van der Waals surface area contributed by atoms with E-state index in [1.54, 1.807) is 18.2 Å². The second-order valence-corrected chi connectivity index (χ2v) is 5.31. The van der Waals surface area contributed by atoms with E-state index in [-0.39, 0.29) is 17.3 Å². The molecule has 0 atom stereocenters. The summed E-state index contributed by atoms with van der Waals surface area (Å²) in [7, 11) is 3.95. The predicted octanol–water partition coefficient (Wildman–Crippen LogP) is 2.30. The fourth-order valence-electron chi connectivity index (χ4n) is 1.27. The molecule has 0 spiro atoms. The molecule has 1 N–H and O–H groups in total. The molecule has 0 heterocycles. The second-order valence-electron chi connectivity index (χ2n) is 5.31. The van der Waals surface area contributed by atoms with Crippen LogP contribution in [0.1, 0.15) is 19.4 Å². The maximum atomic E-state index is 12.7. The summed E-state index contributed by atoms with van der Waals surface area (Å²) in [5.41, 5.74) is 0.697. The van der Waals surface area contributed by atoms with Crippen LogP contribution in [0.5, 0.6) is 0 Å². The summed E-state index contributed by atoms with van der Waals surface area (Å²) in [5, 5.41) is 2.84. The summed E-state index contributed by atoms with van der Waals surface area (Å²) < 4.78 is 12.7. The number of benzene rings is 1. The fourth-order valence-corrected chi connectivity index (χ4v) is 1.27. The van der Waals surface area contributed by atoms with Crippen LogP contribution in [0.25, 0.3) is 6.08 Å². The first-order valence-electron chi connectivity index (χ1n) is 6.20. The Morgan fingerprint density at radius 1 is 1.32 bits per heavy atom. The number of halogens is 1. The Hall–Kier alpha value is -1.68. The SMILES string of the molecule is CN(C)C(C)(C)CNC(=O)/C=C/c1ccc(F)cc1. The molecule has 4 heteroatoms. The molecule has 19 heavy (non-hydrogen) atoms. The van der Waals surface area contributed by atoms with Gasteiger partial charge < -0.3 is 10.2 Å². The van der Waals surface area contributed by atoms with Gasteiger partial charge in [-0.3, -0.25) is 4.79 Å². The first kappa shape index (κ1) is 15.4. The van der Waals surface area contributed by atoms with Crippen molar-refractivity contribution in [1.82, 2.24) is 10.2 Å². The summed E-state index contributed by atoms with van der Waals surface area (Å²) in [5.74, 6) is -0.436. The second kappa shape index (κ2) is 6.48.